The van der Waals surface area contributed by atoms with Crippen LogP contribution in [0, 0.1) is 6.07 Å². The summed E-state index contributed by atoms with van der Waals surface area (Å²) >= 11 is 0. The molecular formula is C15H9N2. The molecule has 0 saturated carbocycles. The van der Waals surface area contributed by atoms with E-state index in [0.717, 1.165) is 16.6 Å². The fourth-order valence-corrected chi connectivity index (χ4v) is 2.42. The number of nitrogens with one attached hydrogen (secondary N) is 1. The largest absolute Gasteiger partial charge is 0.361 e. The Balaban J connectivity index is 2.38. The van der Waals surface area contributed by atoms with Crippen molar-refractivity contribution in [3.63, 3.8) is 0 Å². The zero-order chi connectivity index (χ0) is 11.2. The fourth-order valence-electron chi connectivity index (χ4n) is 2.42. The van der Waals surface area contributed by atoms with Crippen LogP contribution < -0.4 is 0 Å². The van der Waals surface area contributed by atoms with Crippen LogP contribution in [0.15, 0.2) is 48.7 Å². The van der Waals surface area contributed by atoms with E-state index in [1.165, 1.54) is 16.2 Å². The quantitative estimate of drug-likeness (QED) is 0.478. The first kappa shape index (κ1) is 8.76. The molecule has 0 aliphatic rings. The Labute approximate surface area is 97.9 Å². The van der Waals surface area contributed by atoms with Crippen molar-refractivity contribution in [3.05, 3.63) is 54.7 Å². The molecule has 1 radical (unpaired) electrons. The van der Waals surface area contributed by atoms with Gasteiger partial charge >= 0.3 is 0 Å². The van der Waals surface area contributed by atoms with Gasteiger partial charge in [-0.3, -0.25) is 0 Å². The predicted molar refractivity (Wildman–Crippen MR) is 69.9 cm³/mol. The molecule has 0 saturated heterocycles. The summed E-state index contributed by atoms with van der Waals surface area (Å²) in [6, 6.07) is 17.3. The van der Waals surface area contributed by atoms with Crippen LogP contribution in [0.25, 0.3) is 32.7 Å². The molecule has 0 atom stereocenters. The van der Waals surface area contributed by atoms with Gasteiger partial charge in [-0.05, 0) is 30.3 Å². The van der Waals surface area contributed by atoms with Gasteiger partial charge in [0.15, 0.2) is 0 Å². The minimum Gasteiger partial charge on any atom is -0.361 e. The van der Waals surface area contributed by atoms with Crippen LogP contribution in [0.3, 0.4) is 0 Å². The van der Waals surface area contributed by atoms with Gasteiger partial charge in [0.2, 0.25) is 0 Å². The lowest BCUT2D eigenvalue weighted by atomic mass is 10.1. The standard InChI is InChI=1S/C15H9N2/c1-2-6-13-11(4-1)15-10-5-3-9-16-12(10)7-8-14(15)17-13/h1,3-9,16H. The van der Waals surface area contributed by atoms with Crippen LogP contribution in [0.5, 0.6) is 0 Å². The SMILES string of the molecule is [c]1ccc2c(c1)nc1ccc3[nH]cccc3c12. The summed E-state index contributed by atoms with van der Waals surface area (Å²) in [7, 11) is 0. The number of H-pyrrole nitrogens is 1. The Morgan fingerprint density at radius 2 is 2.00 bits per heavy atom. The molecule has 0 bridgehead atoms. The average molecular weight is 217 g/mol. The number of hydrogen-bond donors (Lipinski definition) is 1. The molecule has 0 aliphatic heterocycles. The molecule has 0 unspecified atom stereocenters. The topological polar surface area (TPSA) is 28.7 Å². The molecule has 0 fully saturated rings. The summed E-state index contributed by atoms with van der Waals surface area (Å²) in [5, 5.41) is 3.64. The van der Waals surface area contributed by atoms with Gasteiger partial charge in [0.1, 0.15) is 0 Å². The predicted octanol–water partition coefficient (Wildman–Crippen LogP) is 3.67. The average Bonchev–Trinajstić information content (AvgIpc) is 2.77. The first-order chi connectivity index (χ1) is 8.43. The highest BCUT2D eigenvalue weighted by atomic mass is 14.7. The van der Waals surface area contributed by atoms with Gasteiger partial charge in [0.25, 0.3) is 0 Å². The van der Waals surface area contributed by atoms with Crippen LogP contribution in [0.4, 0.5) is 0 Å². The Kier molecular flexibility index (Phi) is 1.59. The molecule has 4 rings (SSSR count). The highest BCUT2D eigenvalue weighted by molar-refractivity contribution is 6.19. The Morgan fingerprint density at radius 1 is 1.00 bits per heavy atom. The maximum absolute atomic E-state index is 4.62. The molecule has 2 aromatic carbocycles. The molecule has 1 N–H and O–H groups in total. The number of aromatic amines is 1. The van der Waals surface area contributed by atoms with Crippen molar-refractivity contribution < 1.29 is 0 Å². The normalized spacial score (nSPS) is 11.5. The fraction of sp³-hybridized carbons (Fsp3) is 0. The van der Waals surface area contributed by atoms with E-state index in [1.54, 1.807) is 0 Å². The maximum atomic E-state index is 4.62. The zero-order valence-electron chi connectivity index (χ0n) is 9.07. The number of nitrogens with zero attached hydrogens (tertiary/aromatic N) is 1. The van der Waals surface area contributed by atoms with Crippen LogP contribution in [0.2, 0.25) is 0 Å². The summed E-state index contributed by atoms with van der Waals surface area (Å²) < 4.78 is 0. The van der Waals surface area contributed by atoms with Crippen LogP contribution in [-0.4, -0.2) is 9.97 Å². The molecule has 2 heterocycles. The van der Waals surface area contributed by atoms with Crippen molar-refractivity contribution >= 4 is 32.7 Å². The lowest BCUT2D eigenvalue weighted by molar-refractivity contribution is 1.42. The molecule has 0 aliphatic carbocycles. The molecule has 17 heavy (non-hydrogen) atoms. The smallest absolute Gasteiger partial charge is 0.0723 e. The van der Waals surface area contributed by atoms with Gasteiger partial charge in [0.05, 0.1) is 11.0 Å². The Morgan fingerprint density at radius 3 is 3.00 bits per heavy atom. The van der Waals surface area contributed by atoms with Crippen molar-refractivity contribution in [1.82, 2.24) is 9.97 Å². The van der Waals surface area contributed by atoms with Gasteiger partial charge in [-0.2, -0.15) is 0 Å². The van der Waals surface area contributed by atoms with Crippen molar-refractivity contribution in [1.29, 1.82) is 0 Å². The van der Waals surface area contributed by atoms with Gasteiger partial charge < -0.3 is 4.98 Å². The summed E-state index contributed by atoms with van der Waals surface area (Å²) in [5.74, 6) is 0. The first-order valence-electron chi connectivity index (χ1n) is 5.59. The van der Waals surface area contributed by atoms with Crippen molar-refractivity contribution in [2.24, 2.45) is 0 Å². The van der Waals surface area contributed by atoms with Crippen LogP contribution >= 0.6 is 0 Å². The van der Waals surface area contributed by atoms with Gasteiger partial charge in [-0.15, -0.1) is 0 Å². The van der Waals surface area contributed by atoms with E-state index in [4.69, 9.17) is 0 Å². The molecular weight excluding hydrogens is 208 g/mol. The van der Waals surface area contributed by atoms with E-state index in [-0.39, 0.29) is 0 Å². The minimum atomic E-state index is 1.01. The molecule has 4 aromatic rings. The van der Waals surface area contributed by atoms with E-state index in [0.29, 0.717) is 0 Å². The van der Waals surface area contributed by atoms with Crippen LogP contribution in [-0.2, 0) is 0 Å². The van der Waals surface area contributed by atoms with Crippen LogP contribution in [0.1, 0.15) is 0 Å². The third-order valence-electron chi connectivity index (χ3n) is 3.17. The summed E-state index contributed by atoms with van der Waals surface area (Å²) in [5.41, 5.74) is 3.20. The van der Waals surface area contributed by atoms with Gasteiger partial charge in [-0.25, -0.2) is 4.98 Å². The summed E-state index contributed by atoms with van der Waals surface area (Å²) in [4.78, 5) is 7.88. The Hall–Kier alpha value is -2.35. The van der Waals surface area contributed by atoms with Gasteiger partial charge in [0, 0.05) is 27.9 Å². The number of benzene rings is 2. The lowest BCUT2D eigenvalue weighted by Gasteiger charge is -1.99. The van der Waals surface area contributed by atoms with E-state index in [2.05, 4.69) is 40.3 Å². The number of aromatic nitrogens is 2. The van der Waals surface area contributed by atoms with E-state index >= 15 is 0 Å². The number of pyridine rings is 1. The van der Waals surface area contributed by atoms with E-state index < -0.39 is 0 Å². The molecule has 2 heteroatoms. The summed E-state index contributed by atoms with van der Waals surface area (Å²) in [6.07, 6.45) is 1.94. The van der Waals surface area contributed by atoms with E-state index in [1.807, 2.05) is 24.4 Å². The third-order valence-corrected chi connectivity index (χ3v) is 3.17. The maximum Gasteiger partial charge on any atom is 0.0723 e. The molecule has 79 valence electrons. The Bertz CT molecular complexity index is 837. The second-order valence-corrected chi connectivity index (χ2v) is 4.15. The second-order valence-electron chi connectivity index (χ2n) is 4.15. The zero-order valence-corrected chi connectivity index (χ0v) is 9.07. The number of fused-ring (bicyclic) bond motifs is 5. The van der Waals surface area contributed by atoms with Crippen molar-refractivity contribution in [3.8, 4) is 0 Å². The third kappa shape index (κ3) is 1.12. The highest BCUT2D eigenvalue weighted by Crippen LogP contribution is 2.30. The monoisotopic (exact) mass is 217 g/mol. The first-order valence-corrected chi connectivity index (χ1v) is 5.59. The van der Waals surface area contributed by atoms with Gasteiger partial charge in [-0.1, -0.05) is 18.2 Å². The van der Waals surface area contributed by atoms with E-state index in [9.17, 15) is 0 Å². The highest BCUT2D eigenvalue weighted by Gasteiger charge is 2.07. The molecule has 2 nitrogen and oxygen atoms in total. The second kappa shape index (κ2) is 3.08. The number of hydrogen-bond acceptors (Lipinski definition) is 1. The lowest BCUT2D eigenvalue weighted by Crippen LogP contribution is -1.77. The minimum absolute atomic E-state index is 1.01. The molecule has 0 spiro atoms. The van der Waals surface area contributed by atoms with Crippen molar-refractivity contribution in [2.75, 3.05) is 0 Å². The summed E-state index contributed by atoms with van der Waals surface area (Å²) in [6.45, 7) is 0. The molecule has 2 aromatic heterocycles. The number of rotatable bonds is 0. The van der Waals surface area contributed by atoms with Crippen molar-refractivity contribution in [2.45, 2.75) is 0 Å². The molecule has 0 amide bonds.